The van der Waals surface area contributed by atoms with Crippen LogP contribution in [0.1, 0.15) is 50.9 Å². The number of hydrogen-bond acceptors (Lipinski definition) is 3. The van der Waals surface area contributed by atoms with Gasteiger partial charge in [0, 0.05) is 23.8 Å². The Morgan fingerprint density at radius 1 is 1.30 bits per heavy atom. The number of carbonyl (C=O) groups is 1. The molecule has 1 saturated carbocycles. The van der Waals surface area contributed by atoms with Crippen molar-refractivity contribution in [2.45, 2.75) is 57.3 Å². The maximum absolute atomic E-state index is 13.5. The molecule has 27 heavy (non-hydrogen) atoms. The minimum absolute atomic E-state index is 0.0851. The number of para-hydroxylation sites is 1. The molecule has 1 aromatic carbocycles. The summed E-state index contributed by atoms with van der Waals surface area (Å²) in [6.45, 7) is 12.9. The molecule has 4 unspecified atom stereocenters. The Morgan fingerprint density at radius 2 is 2.04 bits per heavy atom. The second-order valence-corrected chi connectivity index (χ2v) is 9.18. The van der Waals surface area contributed by atoms with Crippen LogP contribution in [0.25, 0.3) is 0 Å². The van der Waals surface area contributed by atoms with Crippen molar-refractivity contribution in [1.29, 1.82) is 0 Å². The number of hydrogen-bond donors (Lipinski definition) is 0. The first kappa shape index (κ1) is 17.0. The number of Topliss-reactive ketones (excluding diaryl/α,β-unsaturated/α-hetero) is 1. The van der Waals surface area contributed by atoms with Gasteiger partial charge < -0.3 is 9.47 Å². The first-order valence-corrected chi connectivity index (χ1v) is 9.81. The number of allylic oxidation sites excluding steroid dienone is 2. The molecule has 2 aliphatic heterocycles. The molecular formula is C24H26O3. The van der Waals surface area contributed by atoms with E-state index in [1.807, 2.05) is 24.3 Å². The molecule has 140 valence electrons. The number of rotatable bonds is 2. The molecule has 3 heteroatoms. The van der Waals surface area contributed by atoms with Gasteiger partial charge in [0.15, 0.2) is 11.4 Å². The second kappa shape index (κ2) is 5.02. The quantitative estimate of drug-likeness (QED) is 0.692. The summed E-state index contributed by atoms with van der Waals surface area (Å²) in [6, 6.07) is 7.59. The van der Waals surface area contributed by atoms with Crippen LogP contribution in [-0.4, -0.2) is 22.6 Å². The zero-order valence-corrected chi connectivity index (χ0v) is 16.5. The maximum atomic E-state index is 13.5. The SMILES string of the molecule is C=C1C2C=C3C(=O)c4ccccc4OC34C(C2)C(C)(C)OC14CC=C(C)C. The Kier molecular flexibility index (Phi) is 3.16. The lowest BCUT2D eigenvalue weighted by Gasteiger charge is -2.58. The Morgan fingerprint density at radius 3 is 2.78 bits per heavy atom. The molecule has 4 atom stereocenters. The molecule has 1 aromatic rings. The first-order chi connectivity index (χ1) is 12.7. The highest BCUT2D eigenvalue weighted by atomic mass is 16.6. The summed E-state index contributed by atoms with van der Waals surface area (Å²) < 4.78 is 13.6. The average Bonchev–Trinajstić information content (AvgIpc) is 2.78. The molecule has 3 aliphatic carbocycles. The van der Waals surface area contributed by atoms with Crippen LogP contribution in [0, 0.1) is 11.8 Å². The largest absolute Gasteiger partial charge is 0.478 e. The van der Waals surface area contributed by atoms with Gasteiger partial charge in [-0.25, -0.2) is 0 Å². The number of fused-ring (bicyclic) bond motifs is 1. The molecule has 2 heterocycles. The van der Waals surface area contributed by atoms with E-state index < -0.39 is 11.2 Å². The van der Waals surface area contributed by atoms with Gasteiger partial charge in [0.05, 0.1) is 11.2 Å². The lowest BCUT2D eigenvalue weighted by Crippen LogP contribution is -2.68. The summed E-state index contributed by atoms with van der Waals surface area (Å²) in [5, 5.41) is 0. The highest BCUT2D eigenvalue weighted by molar-refractivity contribution is 6.14. The van der Waals surface area contributed by atoms with Crippen molar-refractivity contribution in [3.8, 4) is 5.75 Å². The fourth-order valence-corrected chi connectivity index (χ4v) is 5.90. The van der Waals surface area contributed by atoms with Gasteiger partial charge in [-0.3, -0.25) is 4.79 Å². The number of carbonyl (C=O) groups excluding carboxylic acids is 1. The molecule has 3 nitrogen and oxygen atoms in total. The molecule has 2 fully saturated rings. The predicted octanol–water partition coefficient (Wildman–Crippen LogP) is 5.04. The molecule has 6 rings (SSSR count). The van der Waals surface area contributed by atoms with Crippen molar-refractivity contribution >= 4 is 5.78 Å². The Hall–Kier alpha value is -2.13. The van der Waals surface area contributed by atoms with E-state index in [0.717, 1.165) is 17.6 Å². The van der Waals surface area contributed by atoms with Gasteiger partial charge in [0.25, 0.3) is 0 Å². The van der Waals surface area contributed by atoms with Crippen molar-refractivity contribution in [3.05, 3.63) is 65.3 Å². The minimum Gasteiger partial charge on any atom is -0.478 e. The Balaban J connectivity index is 1.81. The average molecular weight is 362 g/mol. The summed E-state index contributed by atoms with van der Waals surface area (Å²) in [6.07, 6.45) is 5.91. The van der Waals surface area contributed by atoms with Gasteiger partial charge in [-0.05, 0) is 51.8 Å². The number of ketones is 1. The molecule has 4 bridgehead atoms. The van der Waals surface area contributed by atoms with E-state index in [-0.39, 0.29) is 23.2 Å². The van der Waals surface area contributed by atoms with Crippen LogP contribution >= 0.6 is 0 Å². The molecule has 5 aliphatic rings. The molecule has 0 amide bonds. The van der Waals surface area contributed by atoms with Crippen LogP contribution in [0.2, 0.25) is 0 Å². The number of benzene rings is 1. The van der Waals surface area contributed by atoms with Crippen molar-refractivity contribution in [2.75, 3.05) is 0 Å². The van der Waals surface area contributed by atoms with Crippen molar-refractivity contribution in [3.63, 3.8) is 0 Å². The molecule has 0 aromatic heterocycles. The molecule has 0 radical (unpaired) electrons. The standard InChI is InChI=1S/C24H26O3/c1-14(2)10-11-23-15(3)16-12-18-21(25)17-8-6-7-9-19(17)26-24(18,23)20(13-16)22(4,5)27-23/h6-10,12,16,20H,3,11,13H2,1-2,4-5H3. The predicted molar refractivity (Wildman–Crippen MR) is 105 cm³/mol. The second-order valence-electron chi connectivity index (χ2n) is 9.18. The van der Waals surface area contributed by atoms with Gasteiger partial charge >= 0.3 is 0 Å². The van der Waals surface area contributed by atoms with Crippen LogP contribution in [0.15, 0.2) is 59.7 Å². The summed E-state index contributed by atoms with van der Waals surface area (Å²) in [4.78, 5) is 13.5. The van der Waals surface area contributed by atoms with E-state index in [4.69, 9.17) is 9.47 Å². The Labute approximate surface area is 160 Å². The highest BCUT2D eigenvalue weighted by Gasteiger charge is 2.78. The highest BCUT2D eigenvalue weighted by Crippen LogP contribution is 2.69. The van der Waals surface area contributed by atoms with E-state index >= 15 is 0 Å². The van der Waals surface area contributed by atoms with Gasteiger partial charge in [0.2, 0.25) is 0 Å². The van der Waals surface area contributed by atoms with Crippen LogP contribution in [0.4, 0.5) is 0 Å². The third-order valence-electron chi connectivity index (χ3n) is 7.04. The van der Waals surface area contributed by atoms with Crippen molar-refractivity contribution in [1.82, 2.24) is 0 Å². The summed E-state index contributed by atoms with van der Waals surface area (Å²) >= 11 is 0. The topological polar surface area (TPSA) is 35.5 Å². The van der Waals surface area contributed by atoms with Gasteiger partial charge in [-0.1, -0.05) is 36.4 Å². The van der Waals surface area contributed by atoms with Gasteiger partial charge in [-0.15, -0.1) is 0 Å². The third kappa shape index (κ3) is 1.84. The fraction of sp³-hybridized carbons (Fsp3) is 0.458. The smallest absolute Gasteiger partial charge is 0.196 e. The van der Waals surface area contributed by atoms with Crippen LogP contribution in [0.3, 0.4) is 0 Å². The lowest BCUT2D eigenvalue weighted by molar-refractivity contribution is -0.111. The van der Waals surface area contributed by atoms with E-state index in [1.54, 1.807) is 0 Å². The van der Waals surface area contributed by atoms with Crippen molar-refractivity contribution in [2.24, 2.45) is 11.8 Å². The zero-order valence-electron chi connectivity index (χ0n) is 16.5. The van der Waals surface area contributed by atoms with Crippen molar-refractivity contribution < 1.29 is 14.3 Å². The summed E-state index contributed by atoms with van der Waals surface area (Å²) in [7, 11) is 0. The van der Waals surface area contributed by atoms with Crippen LogP contribution < -0.4 is 4.74 Å². The molecular weight excluding hydrogens is 336 g/mol. The molecule has 1 spiro atoms. The first-order valence-electron chi connectivity index (χ1n) is 9.81. The Bertz CT molecular complexity index is 946. The fourth-order valence-electron chi connectivity index (χ4n) is 5.90. The monoisotopic (exact) mass is 362 g/mol. The maximum Gasteiger partial charge on any atom is 0.196 e. The minimum atomic E-state index is -0.792. The van der Waals surface area contributed by atoms with Gasteiger partial charge in [0.1, 0.15) is 11.4 Å². The molecule has 0 N–H and O–H groups in total. The number of ether oxygens (including phenoxy) is 2. The van der Waals surface area contributed by atoms with E-state index in [1.165, 1.54) is 5.57 Å². The van der Waals surface area contributed by atoms with Crippen LogP contribution in [-0.2, 0) is 4.74 Å². The normalized spacial score (nSPS) is 37.3. The summed E-state index contributed by atoms with van der Waals surface area (Å²) in [5.74, 6) is 1.03. The van der Waals surface area contributed by atoms with E-state index in [9.17, 15) is 4.79 Å². The van der Waals surface area contributed by atoms with E-state index in [0.29, 0.717) is 17.7 Å². The molecule has 1 saturated heterocycles. The van der Waals surface area contributed by atoms with E-state index in [2.05, 4.69) is 46.4 Å². The van der Waals surface area contributed by atoms with Crippen LogP contribution in [0.5, 0.6) is 5.75 Å². The third-order valence-corrected chi connectivity index (χ3v) is 7.04. The van der Waals surface area contributed by atoms with Gasteiger partial charge in [-0.2, -0.15) is 0 Å². The summed E-state index contributed by atoms with van der Waals surface area (Å²) in [5.41, 5.74) is 1.84. The zero-order chi connectivity index (χ0) is 19.2. The lowest BCUT2D eigenvalue weighted by atomic mass is 9.50.